The van der Waals surface area contributed by atoms with Crippen LogP contribution < -0.4 is 0 Å². The van der Waals surface area contributed by atoms with E-state index in [-0.39, 0.29) is 5.03 Å². The summed E-state index contributed by atoms with van der Waals surface area (Å²) in [5, 5.41) is 1.13. The van der Waals surface area contributed by atoms with Gasteiger partial charge in [-0.3, -0.25) is 0 Å². The van der Waals surface area contributed by atoms with Crippen molar-refractivity contribution in [3.63, 3.8) is 0 Å². The second-order valence-electron chi connectivity index (χ2n) is 4.54. The highest BCUT2D eigenvalue weighted by atomic mass is 32.2. The molecule has 0 aliphatic heterocycles. The lowest BCUT2D eigenvalue weighted by atomic mass is 10.2. The van der Waals surface area contributed by atoms with Gasteiger partial charge in [0.05, 0.1) is 4.90 Å². The van der Waals surface area contributed by atoms with Crippen molar-refractivity contribution in [1.29, 1.82) is 0 Å². The predicted octanol–water partition coefficient (Wildman–Crippen LogP) is 3.31. The van der Waals surface area contributed by atoms with Crippen LogP contribution in [0.25, 0.3) is 10.9 Å². The van der Waals surface area contributed by atoms with Gasteiger partial charge in [-0.15, -0.1) is 0 Å². The highest BCUT2D eigenvalue weighted by Crippen LogP contribution is 2.24. The third-order valence-electron chi connectivity index (χ3n) is 3.13. The summed E-state index contributed by atoms with van der Waals surface area (Å²) in [6.45, 7) is 1.93. The number of sulfone groups is 1. The van der Waals surface area contributed by atoms with Crippen LogP contribution in [0.2, 0.25) is 0 Å². The molecule has 0 unspecified atom stereocenters. The summed E-state index contributed by atoms with van der Waals surface area (Å²) in [4.78, 5) is 3.27. The van der Waals surface area contributed by atoms with Crippen molar-refractivity contribution < 1.29 is 8.42 Å². The van der Waals surface area contributed by atoms with Crippen molar-refractivity contribution >= 4 is 20.7 Å². The molecule has 0 fully saturated rings. The molecule has 0 saturated heterocycles. The predicted molar refractivity (Wildman–Crippen MR) is 74.9 cm³/mol. The van der Waals surface area contributed by atoms with Crippen LogP contribution in [0, 0.1) is 6.92 Å². The molecular weight excluding hydrogens is 258 g/mol. The Bertz CT molecular complexity index is 797. The summed E-state index contributed by atoms with van der Waals surface area (Å²) < 4.78 is 25.0. The molecule has 1 N–H and O–H groups in total. The first-order valence-electron chi connectivity index (χ1n) is 5.97. The average molecular weight is 271 g/mol. The van der Waals surface area contributed by atoms with Crippen molar-refractivity contribution in [2.24, 2.45) is 0 Å². The van der Waals surface area contributed by atoms with E-state index in [0.29, 0.717) is 4.90 Å². The van der Waals surface area contributed by atoms with Crippen LogP contribution in [-0.4, -0.2) is 13.4 Å². The molecule has 0 radical (unpaired) electrons. The largest absolute Gasteiger partial charge is 0.345 e. The van der Waals surface area contributed by atoms with E-state index in [1.807, 2.05) is 31.2 Å². The normalized spacial score (nSPS) is 11.8. The van der Waals surface area contributed by atoms with E-state index in [4.69, 9.17) is 0 Å². The summed E-state index contributed by atoms with van der Waals surface area (Å²) in [6, 6.07) is 16.1. The summed E-state index contributed by atoms with van der Waals surface area (Å²) in [6.07, 6.45) is 0. The molecule has 0 spiro atoms. The number of aromatic nitrogens is 1. The van der Waals surface area contributed by atoms with Gasteiger partial charge in [0.1, 0.15) is 5.03 Å². The first kappa shape index (κ1) is 12.0. The minimum atomic E-state index is -3.47. The number of benzene rings is 2. The minimum Gasteiger partial charge on any atom is -0.345 e. The van der Waals surface area contributed by atoms with E-state index in [0.717, 1.165) is 16.5 Å². The van der Waals surface area contributed by atoms with Gasteiger partial charge in [-0.05, 0) is 31.2 Å². The second-order valence-corrected chi connectivity index (χ2v) is 6.46. The van der Waals surface area contributed by atoms with Crippen molar-refractivity contribution in [3.8, 4) is 0 Å². The molecule has 3 nitrogen and oxygen atoms in total. The van der Waals surface area contributed by atoms with Gasteiger partial charge < -0.3 is 4.98 Å². The number of aryl methyl sites for hydroxylation is 1. The van der Waals surface area contributed by atoms with E-state index in [1.54, 1.807) is 30.3 Å². The maximum absolute atomic E-state index is 12.5. The molecule has 1 heterocycles. The lowest BCUT2D eigenvalue weighted by molar-refractivity contribution is 0.593. The highest BCUT2D eigenvalue weighted by Gasteiger charge is 2.19. The number of rotatable bonds is 2. The zero-order valence-corrected chi connectivity index (χ0v) is 11.2. The fourth-order valence-corrected chi connectivity index (χ4v) is 3.31. The maximum Gasteiger partial charge on any atom is 0.221 e. The van der Waals surface area contributed by atoms with Gasteiger partial charge in [-0.1, -0.05) is 35.9 Å². The van der Waals surface area contributed by atoms with Gasteiger partial charge in [0.15, 0.2) is 0 Å². The molecule has 3 aromatic rings. The summed E-state index contributed by atoms with van der Waals surface area (Å²) in [7, 11) is -3.47. The molecule has 0 bridgehead atoms. The number of hydrogen-bond acceptors (Lipinski definition) is 2. The standard InChI is InChI=1S/C15H13NO2S/c1-11-6-8-13(9-7-11)19(17,18)15-10-12-4-2-3-5-14(12)16-15/h2-10,16H,1H3. The first-order chi connectivity index (χ1) is 9.07. The van der Waals surface area contributed by atoms with E-state index in [1.165, 1.54) is 0 Å². The van der Waals surface area contributed by atoms with Crippen molar-refractivity contribution in [2.75, 3.05) is 0 Å². The van der Waals surface area contributed by atoms with E-state index < -0.39 is 9.84 Å². The van der Waals surface area contributed by atoms with Crippen molar-refractivity contribution in [3.05, 3.63) is 60.2 Å². The van der Waals surface area contributed by atoms with Gasteiger partial charge in [0.2, 0.25) is 9.84 Å². The zero-order valence-electron chi connectivity index (χ0n) is 10.4. The molecular formula is C15H13NO2S. The Morgan fingerprint density at radius 3 is 2.32 bits per heavy atom. The first-order valence-corrected chi connectivity index (χ1v) is 7.45. The monoisotopic (exact) mass is 271 g/mol. The highest BCUT2D eigenvalue weighted by molar-refractivity contribution is 7.91. The summed E-state index contributed by atoms with van der Waals surface area (Å²) in [5.41, 5.74) is 1.86. The number of H-pyrrole nitrogens is 1. The Morgan fingerprint density at radius 2 is 1.63 bits per heavy atom. The number of fused-ring (bicyclic) bond motifs is 1. The Balaban J connectivity index is 2.16. The molecule has 4 heteroatoms. The molecule has 0 aliphatic rings. The number of para-hydroxylation sites is 1. The molecule has 0 saturated carbocycles. The van der Waals surface area contributed by atoms with Crippen molar-refractivity contribution in [1.82, 2.24) is 4.98 Å². The second kappa shape index (κ2) is 4.24. The zero-order chi connectivity index (χ0) is 13.5. The SMILES string of the molecule is Cc1ccc(S(=O)(=O)c2cc3ccccc3[nH]2)cc1. The number of nitrogens with one attached hydrogen (secondary N) is 1. The summed E-state index contributed by atoms with van der Waals surface area (Å²) in [5.74, 6) is 0. The molecule has 96 valence electrons. The molecule has 19 heavy (non-hydrogen) atoms. The Morgan fingerprint density at radius 1 is 0.947 bits per heavy atom. The van der Waals surface area contributed by atoms with Crippen LogP contribution in [0.1, 0.15) is 5.56 Å². The number of aromatic amines is 1. The molecule has 0 atom stereocenters. The molecule has 0 aliphatic carbocycles. The Hall–Kier alpha value is -2.07. The third-order valence-corrected chi connectivity index (χ3v) is 4.82. The fourth-order valence-electron chi connectivity index (χ4n) is 2.04. The van der Waals surface area contributed by atoms with Gasteiger partial charge in [0, 0.05) is 10.9 Å². The number of hydrogen-bond donors (Lipinski definition) is 1. The fraction of sp³-hybridized carbons (Fsp3) is 0.0667. The smallest absolute Gasteiger partial charge is 0.221 e. The van der Waals surface area contributed by atoms with Crippen LogP contribution in [0.3, 0.4) is 0 Å². The van der Waals surface area contributed by atoms with Crippen LogP contribution in [0.15, 0.2) is 64.5 Å². The lowest BCUT2D eigenvalue weighted by Crippen LogP contribution is -2.02. The molecule has 0 amide bonds. The molecule has 3 rings (SSSR count). The van der Waals surface area contributed by atoms with Gasteiger partial charge in [-0.25, -0.2) is 8.42 Å². The summed E-state index contributed by atoms with van der Waals surface area (Å²) >= 11 is 0. The maximum atomic E-state index is 12.5. The van der Waals surface area contributed by atoms with Gasteiger partial charge in [-0.2, -0.15) is 0 Å². The Labute approximate surface area is 111 Å². The topological polar surface area (TPSA) is 49.9 Å². The van der Waals surface area contributed by atoms with Crippen LogP contribution in [0.4, 0.5) is 0 Å². The van der Waals surface area contributed by atoms with Crippen LogP contribution >= 0.6 is 0 Å². The minimum absolute atomic E-state index is 0.234. The third kappa shape index (κ3) is 2.04. The van der Waals surface area contributed by atoms with Gasteiger partial charge >= 0.3 is 0 Å². The lowest BCUT2D eigenvalue weighted by Gasteiger charge is -2.02. The Kier molecular flexibility index (Phi) is 2.68. The molecule has 1 aromatic heterocycles. The average Bonchev–Trinajstić information content (AvgIpc) is 2.83. The van der Waals surface area contributed by atoms with Gasteiger partial charge in [0.25, 0.3) is 0 Å². The van der Waals surface area contributed by atoms with E-state index in [2.05, 4.69) is 4.98 Å². The van der Waals surface area contributed by atoms with Crippen LogP contribution in [0.5, 0.6) is 0 Å². The van der Waals surface area contributed by atoms with Crippen molar-refractivity contribution in [2.45, 2.75) is 16.8 Å². The van der Waals surface area contributed by atoms with E-state index in [9.17, 15) is 8.42 Å². The van der Waals surface area contributed by atoms with Crippen LogP contribution in [-0.2, 0) is 9.84 Å². The molecule has 2 aromatic carbocycles. The van der Waals surface area contributed by atoms with E-state index >= 15 is 0 Å². The quantitative estimate of drug-likeness (QED) is 0.777.